The number of nitrogen functional groups attached to an aromatic ring is 1. The number of carboxylic acids is 1. The van der Waals surface area contributed by atoms with Gasteiger partial charge in [0.2, 0.25) is 0 Å². The summed E-state index contributed by atoms with van der Waals surface area (Å²) in [7, 11) is 1.46. The van der Waals surface area contributed by atoms with Gasteiger partial charge in [0.1, 0.15) is 9.77 Å². The van der Waals surface area contributed by atoms with Crippen molar-refractivity contribution in [1.29, 1.82) is 0 Å². The molecule has 1 heterocycles. The number of pyridine rings is 1. The highest BCUT2D eigenvalue weighted by molar-refractivity contribution is 8.01. The standard InChI is InChI=1S/C10H14N2O3S/c1-10(6-15-2,9(13)14)16-8-7(11)4-3-5-12-8/h3-5H,6,11H2,1-2H3,(H,13,14). The largest absolute Gasteiger partial charge is 0.480 e. The Labute approximate surface area is 98.0 Å². The number of aliphatic carboxylic acids is 1. The molecule has 0 aromatic carbocycles. The van der Waals surface area contributed by atoms with Gasteiger partial charge in [0, 0.05) is 13.3 Å². The zero-order valence-corrected chi connectivity index (χ0v) is 9.95. The molecule has 1 atom stereocenters. The van der Waals surface area contributed by atoms with Crippen LogP contribution in [0.15, 0.2) is 23.4 Å². The number of carbonyl (C=O) groups is 1. The van der Waals surface area contributed by atoms with E-state index in [1.54, 1.807) is 25.3 Å². The van der Waals surface area contributed by atoms with Crippen molar-refractivity contribution in [3.05, 3.63) is 18.3 Å². The summed E-state index contributed by atoms with van der Waals surface area (Å²) in [4.78, 5) is 15.2. The molecule has 0 saturated carbocycles. The van der Waals surface area contributed by atoms with Gasteiger partial charge in [-0.2, -0.15) is 0 Å². The van der Waals surface area contributed by atoms with Gasteiger partial charge in [-0.05, 0) is 19.1 Å². The molecule has 16 heavy (non-hydrogen) atoms. The van der Waals surface area contributed by atoms with Crippen molar-refractivity contribution in [3.63, 3.8) is 0 Å². The van der Waals surface area contributed by atoms with Gasteiger partial charge in [-0.25, -0.2) is 4.98 Å². The van der Waals surface area contributed by atoms with Crippen LogP contribution in [0.1, 0.15) is 6.92 Å². The predicted molar refractivity (Wildman–Crippen MR) is 62.4 cm³/mol. The minimum atomic E-state index is -1.09. The summed E-state index contributed by atoms with van der Waals surface area (Å²) in [6.45, 7) is 1.67. The second-order valence-corrected chi connectivity index (χ2v) is 4.96. The van der Waals surface area contributed by atoms with Gasteiger partial charge >= 0.3 is 5.97 Å². The lowest BCUT2D eigenvalue weighted by Crippen LogP contribution is -2.36. The minimum Gasteiger partial charge on any atom is -0.480 e. The normalized spacial score (nSPS) is 14.4. The SMILES string of the molecule is COCC(C)(Sc1ncccc1N)C(=O)O. The van der Waals surface area contributed by atoms with Crippen LogP contribution < -0.4 is 5.73 Å². The molecular weight excluding hydrogens is 228 g/mol. The summed E-state index contributed by atoms with van der Waals surface area (Å²) in [5.41, 5.74) is 6.18. The number of nitrogens with two attached hydrogens (primary N) is 1. The van der Waals surface area contributed by atoms with E-state index in [1.807, 2.05) is 0 Å². The Kier molecular flexibility index (Phi) is 4.14. The molecule has 5 nitrogen and oxygen atoms in total. The van der Waals surface area contributed by atoms with Gasteiger partial charge in [0.05, 0.1) is 12.3 Å². The van der Waals surface area contributed by atoms with E-state index in [2.05, 4.69) is 4.98 Å². The number of rotatable bonds is 5. The van der Waals surface area contributed by atoms with E-state index in [9.17, 15) is 4.79 Å². The molecule has 0 radical (unpaired) electrons. The molecule has 88 valence electrons. The number of carboxylic acid groups (broad SMARTS) is 1. The molecule has 0 fully saturated rings. The fourth-order valence-corrected chi connectivity index (χ4v) is 2.10. The Morgan fingerprint density at radius 2 is 2.44 bits per heavy atom. The molecule has 1 unspecified atom stereocenters. The number of nitrogens with zero attached hydrogens (tertiary/aromatic N) is 1. The third-order valence-electron chi connectivity index (χ3n) is 1.99. The van der Waals surface area contributed by atoms with Crippen molar-refractivity contribution in [2.45, 2.75) is 16.7 Å². The highest BCUT2D eigenvalue weighted by Gasteiger charge is 2.35. The van der Waals surface area contributed by atoms with E-state index in [0.29, 0.717) is 10.7 Å². The molecule has 0 saturated heterocycles. The van der Waals surface area contributed by atoms with E-state index >= 15 is 0 Å². The summed E-state index contributed by atoms with van der Waals surface area (Å²) in [5, 5.41) is 9.65. The molecule has 1 rings (SSSR count). The molecule has 0 spiro atoms. The van der Waals surface area contributed by atoms with Crippen LogP contribution in [0, 0.1) is 0 Å². The third-order valence-corrected chi connectivity index (χ3v) is 3.27. The summed E-state index contributed by atoms with van der Waals surface area (Å²) >= 11 is 1.09. The van der Waals surface area contributed by atoms with Gasteiger partial charge in [-0.3, -0.25) is 4.79 Å². The Morgan fingerprint density at radius 3 is 2.94 bits per heavy atom. The van der Waals surface area contributed by atoms with Crippen LogP contribution in [0.2, 0.25) is 0 Å². The highest BCUT2D eigenvalue weighted by atomic mass is 32.2. The minimum absolute atomic E-state index is 0.0863. The second kappa shape index (κ2) is 5.18. The van der Waals surface area contributed by atoms with Crippen LogP contribution in [0.5, 0.6) is 0 Å². The smallest absolute Gasteiger partial charge is 0.322 e. The molecule has 0 amide bonds. The van der Waals surface area contributed by atoms with E-state index in [1.165, 1.54) is 7.11 Å². The van der Waals surface area contributed by atoms with Gasteiger partial charge in [-0.1, -0.05) is 11.8 Å². The first-order valence-corrected chi connectivity index (χ1v) is 5.43. The van der Waals surface area contributed by atoms with Crippen LogP contribution in [-0.4, -0.2) is 34.5 Å². The van der Waals surface area contributed by atoms with Crippen LogP contribution >= 0.6 is 11.8 Å². The monoisotopic (exact) mass is 242 g/mol. The number of anilines is 1. The summed E-state index contributed by atoms with van der Waals surface area (Å²) in [6, 6.07) is 3.39. The Bertz CT molecular complexity index is 386. The van der Waals surface area contributed by atoms with E-state index in [0.717, 1.165) is 11.8 Å². The fraction of sp³-hybridized carbons (Fsp3) is 0.400. The van der Waals surface area contributed by atoms with E-state index in [4.69, 9.17) is 15.6 Å². The summed E-state index contributed by atoms with van der Waals surface area (Å²) in [5.74, 6) is -0.954. The van der Waals surface area contributed by atoms with Gasteiger partial charge in [0.15, 0.2) is 0 Å². The first-order chi connectivity index (χ1) is 7.49. The van der Waals surface area contributed by atoms with Crippen molar-refractivity contribution in [2.75, 3.05) is 19.5 Å². The summed E-state index contributed by atoms with van der Waals surface area (Å²) in [6.07, 6.45) is 1.58. The quantitative estimate of drug-likeness (QED) is 0.756. The number of methoxy groups -OCH3 is 1. The molecule has 0 aliphatic heterocycles. The maximum Gasteiger partial charge on any atom is 0.322 e. The van der Waals surface area contributed by atoms with Crippen molar-refractivity contribution < 1.29 is 14.6 Å². The number of hydrogen-bond donors (Lipinski definition) is 2. The van der Waals surface area contributed by atoms with Crippen molar-refractivity contribution in [1.82, 2.24) is 4.98 Å². The zero-order chi connectivity index (χ0) is 12.2. The third kappa shape index (κ3) is 2.86. The van der Waals surface area contributed by atoms with Crippen molar-refractivity contribution >= 4 is 23.4 Å². The maximum absolute atomic E-state index is 11.2. The molecule has 6 heteroatoms. The molecule has 0 aliphatic carbocycles. The van der Waals surface area contributed by atoms with Gasteiger partial charge in [-0.15, -0.1) is 0 Å². The Hall–Kier alpha value is -1.27. The maximum atomic E-state index is 11.2. The molecular formula is C10H14N2O3S. The van der Waals surface area contributed by atoms with E-state index < -0.39 is 10.7 Å². The molecule has 0 bridgehead atoms. The number of aromatic nitrogens is 1. The van der Waals surface area contributed by atoms with Crippen LogP contribution in [0.4, 0.5) is 5.69 Å². The van der Waals surface area contributed by atoms with Gasteiger partial charge < -0.3 is 15.6 Å². The second-order valence-electron chi connectivity index (χ2n) is 3.47. The fourth-order valence-electron chi connectivity index (χ4n) is 1.11. The van der Waals surface area contributed by atoms with Crippen LogP contribution in [0.25, 0.3) is 0 Å². The average Bonchev–Trinajstić information content (AvgIpc) is 2.21. The first-order valence-electron chi connectivity index (χ1n) is 4.61. The lowest BCUT2D eigenvalue weighted by molar-refractivity contribution is -0.140. The average molecular weight is 242 g/mol. The highest BCUT2D eigenvalue weighted by Crippen LogP contribution is 2.34. The molecule has 1 aromatic heterocycles. The molecule has 0 aliphatic rings. The van der Waals surface area contributed by atoms with Crippen molar-refractivity contribution in [3.8, 4) is 0 Å². The lowest BCUT2D eigenvalue weighted by Gasteiger charge is -2.22. The van der Waals surface area contributed by atoms with Crippen molar-refractivity contribution in [2.24, 2.45) is 0 Å². The lowest BCUT2D eigenvalue weighted by atomic mass is 10.2. The van der Waals surface area contributed by atoms with E-state index in [-0.39, 0.29) is 6.61 Å². The van der Waals surface area contributed by atoms with Gasteiger partial charge in [0.25, 0.3) is 0 Å². The topological polar surface area (TPSA) is 85.4 Å². The molecule has 1 aromatic rings. The predicted octanol–water partition coefficient (Wildman–Crippen LogP) is 1.25. The number of hydrogen-bond acceptors (Lipinski definition) is 5. The van der Waals surface area contributed by atoms with Crippen LogP contribution in [-0.2, 0) is 9.53 Å². The number of thioether (sulfide) groups is 1. The van der Waals surface area contributed by atoms with Crippen LogP contribution in [0.3, 0.4) is 0 Å². The Morgan fingerprint density at radius 1 is 1.75 bits per heavy atom. The summed E-state index contributed by atoms with van der Waals surface area (Å²) < 4.78 is 3.82. The Balaban J connectivity index is 2.92. The zero-order valence-electron chi connectivity index (χ0n) is 9.14. The molecule has 3 N–H and O–H groups in total. The number of ether oxygens (including phenoxy) is 1. The first kappa shape index (κ1) is 12.8.